The number of hydrogen-bond acceptors (Lipinski definition) is 3. The lowest BCUT2D eigenvalue weighted by Crippen LogP contribution is -2.30. The Balaban J connectivity index is 2.05. The molecule has 0 radical (unpaired) electrons. The van der Waals surface area contributed by atoms with Crippen LogP contribution in [0.4, 0.5) is 13.2 Å². The molecule has 0 N–H and O–H groups in total. The van der Waals surface area contributed by atoms with Crippen LogP contribution in [-0.2, 0) is 0 Å². The number of hydrogen-bond donors (Lipinski definition) is 0. The lowest BCUT2D eigenvalue weighted by Gasteiger charge is -2.17. The standard InChI is InChI=1S/C15H14F3N3O/c1-21(8-7-15(16,17)18)14(22)12-9-19-13(20-10-12)11-5-3-2-4-6-11/h2-6,9-10H,7-8H2,1H3. The quantitative estimate of drug-likeness (QED) is 0.871. The zero-order valence-corrected chi connectivity index (χ0v) is 11.8. The van der Waals surface area contributed by atoms with E-state index in [0.717, 1.165) is 10.5 Å². The monoisotopic (exact) mass is 309 g/mol. The normalized spacial score (nSPS) is 11.3. The Kier molecular flexibility index (Phi) is 4.75. The van der Waals surface area contributed by atoms with E-state index >= 15 is 0 Å². The van der Waals surface area contributed by atoms with Gasteiger partial charge in [0.2, 0.25) is 0 Å². The summed E-state index contributed by atoms with van der Waals surface area (Å²) in [6.45, 7) is -0.400. The van der Waals surface area contributed by atoms with Crippen LogP contribution >= 0.6 is 0 Å². The van der Waals surface area contributed by atoms with Crippen LogP contribution in [0, 0.1) is 0 Å². The number of carbonyl (C=O) groups is 1. The molecule has 0 saturated heterocycles. The van der Waals surface area contributed by atoms with Crippen molar-refractivity contribution in [3.63, 3.8) is 0 Å². The van der Waals surface area contributed by atoms with E-state index in [0.29, 0.717) is 5.82 Å². The van der Waals surface area contributed by atoms with Crippen LogP contribution in [0.3, 0.4) is 0 Å². The molecule has 22 heavy (non-hydrogen) atoms. The number of halogens is 3. The van der Waals surface area contributed by atoms with Gasteiger partial charge in [0.1, 0.15) is 0 Å². The highest BCUT2D eigenvalue weighted by Crippen LogP contribution is 2.20. The summed E-state index contributed by atoms with van der Waals surface area (Å²) in [6.07, 6.45) is -2.69. The fraction of sp³-hybridized carbons (Fsp3) is 0.267. The minimum atomic E-state index is -4.29. The van der Waals surface area contributed by atoms with Crippen molar-refractivity contribution in [1.29, 1.82) is 0 Å². The molecule has 7 heteroatoms. The first-order chi connectivity index (χ1) is 10.4. The van der Waals surface area contributed by atoms with E-state index in [9.17, 15) is 18.0 Å². The summed E-state index contributed by atoms with van der Waals surface area (Å²) in [7, 11) is 1.32. The van der Waals surface area contributed by atoms with Gasteiger partial charge < -0.3 is 4.90 Å². The molecule has 1 amide bonds. The molecule has 0 aliphatic carbocycles. The van der Waals surface area contributed by atoms with E-state index in [1.54, 1.807) is 0 Å². The maximum absolute atomic E-state index is 12.2. The summed E-state index contributed by atoms with van der Waals surface area (Å²) in [5, 5.41) is 0. The van der Waals surface area contributed by atoms with Crippen molar-refractivity contribution < 1.29 is 18.0 Å². The minimum absolute atomic E-state index is 0.157. The highest BCUT2D eigenvalue weighted by atomic mass is 19.4. The van der Waals surface area contributed by atoms with Crippen molar-refractivity contribution in [2.24, 2.45) is 0 Å². The second kappa shape index (κ2) is 6.55. The van der Waals surface area contributed by atoms with Crippen molar-refractivity contribution in [2.45, 2.75) is 12.6 Å². The van der Waals surface area contributed by atoms with Crippen molar-refractivity contribution in [3.8, 4) is 11.4 Å². The van der Waals surface area contributed by atoms with Gasteiger partial charge in [0, 0.05) is 31.5 Å². The van der Waals surface area contributed by atoms with Crippen molar-refractivity contribution in [3.05, 3.63) is 48.3 Å². The molecule has 2 aromatic rings. The number of benzene rings is 1. The van der Waals surface area contributed by atoms with E-state index in [1.165, 1.54) is 19.4 Å². The first-order valence-corrected chi connectivity index (χ1v) is 6.56. The van der Waals surface area contributed by atoms with Gasteiger partial charge in [-0.05, 0) is 0 Å². The zero-order valence-electron chi connectivity index (χ0n) is 11.8. The van der Waals surface area contributed by atoms with Gasteiger partial charge in [0.15, 0.2) is 5.82 Å². The summed E-state index contributed by atoms with van der Waals surface area (Å²) >= 11 is 0. The second-order valence-electron chi connectivity index (χ2n) is 4.75. The van der Waals surface area contributed by atoms with Crippen molar-refractivity contribution >= 4 is 5.91 Å². The number of carbonyl (C=O) groups excluding carboxylic acids is 1. The van der Waals surface area contributed by atoms with Gasteiger partial charge >= 0.3 is 6.18 Å². The van der Waals surface area contributed by atoms with E-state index in [1.807, 2.05) is 30.3 Å². The average Bonchev–Trinajstić information content (AvgIpc) is 2.52. The maximum Gasteiger partial charge on any atom is 0.390 e. The summed E-state index contributed by atoms with van der Waals surface area (Å²) in [4.78, 5) is 21.2. The Morgan fingerprint density at radius 2 is 1.73 bits per heavy atom. The first-order valence-electron chi connectivity index (χ1n) is 6.56. The predicted octanol–water partition coefficient (Wildman–Crippen LogP) is 3.17. The zero-order chi connectivity index (χ0) is 16.2. The molecule has 4 nitrogen and oxygen atoms in total. The second-order valence-corrected chi connectivity index (χ2v) is 4.75. The van der Waals surface area contributed by atoms with Gasteiger partial charge in [-0.2, -0.15) is 13.2 Å². The van der Waals surface area contributed by atoms with Gasteiger partial charge in [0.25, 0.3) is 5.91 Å². The third-order valence-corrected chi connectivity index (χ3v) is 3.01. The maximum atomic E-state index is 12.2. The molecular weight excluding hydrogens is 295 g/mol. The fourth-order valence-corrected chi connectivity index (χ4v) is 1.79. The molecule has 0 aliphatic heterocycles. The largest absolute Gasteiger partial charge is 0.390 e. The van der Waals surface area contributed by atoms with Gasteiger partial charge in [-0.1, -0.05) is 30.3 Å². The molecule has 0 aliphatic rings. The Morgan fingerprint density at radius 1 is 1.14 bits per heavy atom. The first kappa shape index (κ1) is 15.9. The SMILES string of the molecule is CN(CCC(F)(F)F)C(=O)c1cnc(-c2ccccc2)nc1. The Labute approximate surface area is 125 Å². The summed E-state index contributed by atoms with van der Waals surface area (Å²) < 4.78 is 36.5. The molecule has 0 bridgehead atoms. The smallest absolute Gasteiger partial charge is 0.341 e. The predicted molar refractivity (Wildman–Crippen MR) is 75.1 cm³/mol. The lowest BCUT2D eigenvalue weighted by molar-refractivity contribution is -0.136. The molecule has 116 valence electrons. The number of rotatable bonds is 4. The summed E-state index contributed by atoms with van der Waals surface area (Å²) in [5.41, 5.74) is 0.955. The van der Waals surface area contributed by atoms with Gasteiger partial charge in [-0.15, -0.1) is 0 Å². The Bertz CT molecular complexity index is 627. The minimum Gasteiger partial charge on any atom is -0.341 e. The van der Waals surface area contributed by atoms with Crippen LogP contribution in [0.5, 0.6) is 0 Å². The third kappa shape index (κ3) is 4.28. The molecule has 2 rings (SSSR count). The van der Waals surface area contributed by atoms with Crippen LogP contribution < -0.4 is 0 Å². The highest BCUT2D eigenvalue weighted by Gasteiger charge is 2.28. The van der Waals surface area contributed by atoms with Crippen LogP contribution in [0.25, 0.3) is 11.4 Å². The Hall–Kier alpha value is -2.44. The van der Waals surface area contributed by atoms with Gasteiger partial charge in [0.05, 0.1) is 12.0 Å². The molecule has 1 aromatic heterocycles. The van der Waals surface area contributed by atoms with Crippen molar-refractivity contribution in [2.75, 3.05) is 13.6 Å². The number of aromatic nitrogens is 2. The molecule has 0 unspecified atom stereocenters. The lowest BCUT2D eigenvalue weighted by atomic mass is 10.2. The molecule has 0 fully saturated rings. The van der Waals surface area contributed by atoms with E-state index in [4.69, 9.17) is 0 Å². The highest BCUT2D eigenvalue weighted by molar-refractivity contribution is 5.93. The fourth-order valence-electron chi connectivity index (χ4n) is 1.79. The topological polar surface area (TPSA) is 46.1 Å². The Morgan fingerprint density at radius 3 is 2.27 bits per heavy atom. The average molecular weight is 309 g/mol. The van der Waals surface area contributed by atoms with E-state index in [2.05, 4.69) is 9.97 Å². The summed E-state index contributed by atoms with van der Waals surface area (Å²) in [6, 6.07) is 9.18. The van der Waals surface area contributed by atoms with Crippen LogP contribution in [0.15, 0.2) is 42.7 Å². The molecule has 1 heterocycles. The van der Waals surface area contributed by atoms with E-state index < -0.39 is 25.0 Å². The van der Waals surface area contributed by atoms with Crippen LogP contribution in [0.2, 0.25) is 0 Å². The molecule has 0 spiro atoms. The van der Waals surface area contributed by atoms with E-state index in [-0.39, 0.29) is 5.56 Å². The molecule has 1 aromatic carbocycles. The molecular formula is C15H14F3N3O. The number of nitrogens with zero attached hydrogens (tertiary/aromatic N) is 3. The molecule has 0 saturated carbocycles. The number of alkyl halides is 3. The van der Waals surface area contributed by atoms with Crippen molar-refractivity contribution in [1.82, 2.24) is 14.9 Å². The van der Waals surface area contributed by atoms with Crippen LogP contribution in [-0.4, -0.2) is 40.5 Å². The molecule has 0 atom stereocenters. The third-order valence-electron chi connectivity index (χ3n) is 3.01. The van der Waals surface area contributed by atoms with Crippen LogP contribution in [0.1, 0.15) is 16.8 Å². The number of amides is 1. The summed E-state index contributed by atoms with van der Waals surface area (Å²) in [5.74, 6) is -0.0843. The van der Waals surface area contributed by atoms with Gasteiger partial charge in [-0.25, -0.2) is 9.97 Å². The van der Waals surface area contributed by atoms with Gasteiger partial charge in [-0.3, -0.25) is 4.79 Å².